The van der Waals surface area contributed by atoms with Crippen LogP contribution in [-0.2, 0) is 9.53 Å². The number of likely N-dealkylation sites (N-methyl/N-ethyl adjacent to an activating group) is 1. The predicted octanol–water partition coefficient (Wildman–Crippen LogP) is 3.03. The number of hydrogen-bond acceptors (Lipinski definition) is 4. The van der Waals surface area contributed by atoms with Gasteiger partial charge in [-0.15, -0.1) is 0 Å². The van der Waals surface area contributed by atoms with E-state index in [-0.39, 0.29) is 30.6 Å². The second kappa shape index (κ2) is 12.2. The van der Waals surface area contributed by atoms with Crippen LogP contribution in [0.4, 0.5) is 4.79 Å². The zero-order valence-corrected chi connectivity index (χ0v) is 20.1. The first-order valence-electron chi connectivity index (χ1n) is 11.9. The highest BCUT2D eigenvalue weighted by Crippen LogP contribution is 2.23. The minimum atomic E-state index is -0.484. The van der Waals surface area contributed by atoms with Gasteiger partial charge in [-0.1, -0.05) is 19.3 Å². The van der Waals surface area contributed by atoms with E-state index in [1.807, 2.05) is 20.8 Å². The third-order valence-electron chi connectivity index (χ3n) is 5.94. The molecule has 0 saturated heterocycles. The van der Waals surface area contributed by atoms with Crippen LogP contribution in [0.5, 0.6) is 0 Å². The van der Waals surface area contributed by atoms with Crippen molar-refractivity contribution in [3.63, 3.8) is 0 Å². The van der Waals surface area contributed by atoms with Crippen LogP contribution in [0.2, 0.25) is 0 Å². The Morgan fingerprint density at radius 1 is 0.935 bits per heavy atom. The van der Waals surface area contributed by atoms with E-state index in [4.69, 9.17) is 4.74 Å². The van der Waals surface area contributed by atoms with Gasteiger partial charge in [-0.25, -0.2) is 9.79 Å². The lowest BCUT2D eigenvalue weighted by molar-refractivity contribution is -0.127. The molecule has 2 aliphatic rings. The molecule has 31 heavy (non-hydrogen) atoms. The fraction of sp³-hybridized carbons (Fsp3) is 0.870. The molecule has 0 aromatic heterocycles. The normalized spacial score (nSPS) is 23.1. The molecule has 0 aliphatic heterocycles. The van der Waals surface area contributed by atoms with Crippen LogP contribution in [0.1, 0.15) is 78.6 Å². The number of aliphatic imine (C=N–C) groups is 1. The summed E-state index contributed by atoms with van der Waals surface area (Å²) in [6.45, 7) is 6.65. The van der Waals surface area contributed by atoms with Crippen LogP contribution in [0, 0.1) is 5.92 Å². The van der Waals surface area contributed by atoms with Crippen LogP contribution < -0.4 is 16.0 Å². The summed E-state index contributed by atoms with van der Waals surface area (Å²) in [6, 6.07) is 0.419. The molecule has 0 aromatic rings. The number of rotatable bonds is 6. The lowest BCUT2D eigenvalue weighted by Gasteiger charge is -2.32. The molecule has 2 aliphatic carbocycles. The summed E-state index contributed by atoms with van der Waals surface area (Å²) in [6.07, 6.45) is 9.79. The number of amides is 2. The van der Waals surface area contributed by atoms with E-state index in [0.717, 1.165) is 38.2 Å². The van der Waals surface area contributed by atoms with Gasteiger partial charge < -0.3 is 25.6 Å². The highest BCUT2D eigenvalue weighted by molar-refractivity contribution is 5.85. The quantitative estimate of drug-likeness (QED) is 0.439. The Labute approximate surface area is 187 Å². The molecule has 0 spiro atoms. The number of nitrogens with zero attached hydrogens (tertiary/aromatic N) is 2. The van der Waals surface area contributed by atoms with Crippen LogP contribution in [0.3, 0.4) is 0 Å². The van der Waals surface area contributed by atoms with Crippen molar-refractivity contribution in [2.45, 2.75) is 96.2 Å². The van der Waals surface area contributed by atoms with E-state index in [1.165, 1.54) is 32.1 Å². The van der Waals surface area contributed by atoms with Crippen molar-refractivity contribution in [3.05, 3.63) is 0 Å². The third kappa shape index (κ3) is 10.2. The van der Waals surface area contributed by atoms with Gasteiger partial charge in [0.1, 0.15) is 12.1 Å². The monoisotopic (exact) mass is 437 g/mol. The fourth-order valence-electron chi connectivity index (χ4n) is 4.12. The van der Waals surface area contributed by atoms with Crippen molar-refractivity contribution in [2.75, 3.05) is 27.2 Å². The molecule has 0 heterocycles. The second-order valence-electron chi connectivity index (χ2n) is 10.2. The molecule has 0 atom stereocenters. The number of ether oxygens (including phenoxy) is 1. The largest absolute Gasteiger partial charge is 0.444 e. The van der Waals surface area contributed by atoms with Crippen molar-refractivity contribution >= 4 is 18.0 Å². The highest BCUT2D eigenvalue weighted by Gasteiger charge is 2.25. The maximum absolute atomic E-state index is 12.0. The standard InChI is InChI=1S/C23H43N5O3/c1-23(2,3)31-22(30)27-19-13-11-18(12-14-19)26-21(25-16-20(29)28(4)5)24-15-17-9-7-6-8-10-17/h17-19H,6-16H2,1-5H3,(H,27,30)(H2,24,25,26). The lowest BCUT2D eigenvalue weighted by atomic mass is 9.89. The van der Waals surface area contributed by atoms with Crippen molar-refractivity contribution < 1.29 is 14.3 Å². The minimum Gasteiger partial charge on any atom is -0.444 e. The summed E-state index contributed by atoms with van der Waals surface area (Å²) in [5, 5.41) is 9.99. The SMILES string of the molecule is CN(C)C(=O)CN=C(NCC1CCCCC1)NC1CCC(NC(=O)OC(C)(C)C)CC1. The van der Waals surface area contributed by atoms with E-state index >= 15 is 0 Å². The zero-order valence-electron chi connectivity index (χ0n) is 20.1. The first kappa shape index (κ1) is 25.3. The Hall–Kier alpha value is -1.99. The lowest BCUT2D eigenvalue weighted by Crippen LogP contribution is -2.49. The molecular weight excluding hydrogens is 394 g/mol. The minimum absolute atomic E-state index is 0.0102. The summed E-state index contributed by atoms with van der Waals surface area (Å²) in [4.78, 5) is 30.1. The predicted molar refractivity (Wildman–Crippen MR) is 124 cm³/mol. The van der Waals surface area contributed by atoms with Crippen molar-refractivity contribution in [1.82, 2.24) is 20.9 Å². The Kier molecular flexibility index (Phi) is 9.91. The van der Waals surface area contributed by atoms with Gasteiger partial charge in [0.15, 0.2) is 5.96 Å². The summed E-state index contributed by atoms with van der Waals surface area (Å²) < 4.78 is 5.36. The molecule has 2 saturated carbocycles. The second-order valence-corrected chi connectivity index (χ2v) is 10.2. The van der Waals surface area contributed by atoms with Gasteiger partial charge in [-0.05, 0) is 65.2 Å². The van der Waals surface area contributed by atoms with Gasteiger partial charge in [0, 0.05) is 32.7 Å². The highest BCUT2D eigenvalue weighted by atomic mass is 16.6. The average Bonchev–Trinajstić information content (AvgIpc) is 2.70. The molecule has 0 radical (unpaired) electrons. The van der Waals surface area contributed by atoms with E-state index in [9.17, 15) is 9.59 Å². The van der Waals surface area contributed by atoms with Gasteiger partial charge in [-0.3, -0.25) is 4.79 Å². The number of carbonyl (C=O) groups is 2. The summed E-state index contributed by atoms with van der Waals surface area (Å²) in [7, 11) is 3.50. The Bertz CT molecular complexity index is 601. The number of carbonyl (C=O) groups excluding carboxylic acids is 2. The first-order valence-corrected chi connectivity index (χ1v) is 11.9. The van der Waals surface area contributed by atoms with Crippen molar-refractivity contribution in [1.29, 1.82) is 0 Å². The molecule has 0 bridgehead atoms. The van der Waals surface area contributed by atoms with Gasteiger partial charge in [0.25, 0.3) is 0 Å². The van der Waals surface area contributed by atoms with Crippen LogP contribution in [-0.4, -0.2) is 67.7 Å². The molecule has 2 amide bonds. The van der Waals surface area contributed by atoms with E-state index in [2.05, 4.69) is 20.9 Å². The number of guanidine groups is 1. The molecular formula is C23H43N5O3. The Morgan fingerprint density at radius 3 is 2.06 bits per heavy atom. The molecule has 0 aromatic carbocycles. The van der Waals surface area contributed by atoms with E-state index in [0.29, 0.717) is 5.92 Å². The topological polar surface area (TPSA) is 95.1 Å². The molecule has 8 nitrogen and oxygen atoms in total. The molecule has 178 valence electrons. The molecule has 0 unspecified atom stereocenters. The van der Waals surface area contributed by atoms with Gasteiger partial charge >= 0.3 is 6.09 Å². The van der Waals surface area contributed by atoms with Gasteiger partial charge in [-0.2, -0.15) is 0 Å². The smallest absolute Gasteiger partial charge is 0.407 e. The maximum Gasteiger partial charge on any atom is 0.407 e. The Morgan fingerprint density at radius 2 is 1.52 bits per heavy atom. The van der Waals surface area contributed by atoms with Crippen LogP contribution >= 0.6 is 0 Å². The summed E-state index contributed by atoms with van der Waals surface area (Å²) in [5.74, 6) is 1.40. The van der Waals surface area contributed by atoms with Crippen LogP contribution in [0.25, 0.3) is 0 Å². The van der Waals surface area contributed by atoms with E-state index in [1.54, 1.807) is 19.0 Å². The summed E-state index contributed by atoms with van der Waals surface area (Å²) >= 11 is 0. The van der Waals surface area contributed by atoms with Crippen LogP contribution in [0.15, 0.2) is 4.99 Å². The van der Waals surface area contributed by atoms with Crippen molar-refractivity contribution in [2.24, 2.45) is 10.9 Å². The number of nitrogens with one attached hydrogen (secondary N) is 3. The molecule has 3 N–H and O–H groups in total. The molecule has 2 rings (SSSR count). The molecule has 8 heteroatoms. The molecule has 2 fully saturated rings. The van der Waals surface area contributed by atoms with E-state index < -0.39 is 5.60 Å². The zero-order chi connectivity index (χ0) is 22.9. The van der Waals surface area contributed by atoms with Gasteiger partial charge in [0.2, 0.25) is 5.91 Å². The third-order valence-corrected chi connectivity index (χ3v) is 5.94. The Balaban J connectivity index is 1.83. The summed E-state index contributed by atoms with van der Waals surface area (Å²) in [5.41, 5.74) is -0.484. The van der Waals surface area contributed by atoms with Crippen molar-refractivity contribution in [3.8, 4) is 0 Å². The number of alkyl carbamates (subject to hydrolysis) is 1. The van der Waals surface area contributed by atoms with Gasteiger partial charge in [0.05, 0.1) is 0 Å². The maximum atomic E-state index is 12.0. The fourth-order valence-corrected chi connectivity index (χ4v) is 4.12. The average molecular weight is 438 g/mol. The first-order chi connectivity index (χ1) is 14.6. The number of hydrogen-bond donors (Lipinski definition) is 3.